The van der Waals surface area contributed by atoms with Crippen LogP contribution in [0.15, 0.2) is 24.3 Å². The summed E-state index contributed by atoms with van der Waals surface area (Å²) >= 11 is 3.80. The maximum absolute atomic E-state index is 10.3. The smallest absolute Gasteiger partial charge is 0.269 e. The van der Waals surface area contributed by atoms with Gasteiger partial charge >= 0.3 is 0 Å². The van der Waals surface area contributed by atoms with E-state index in [1.165, 1.54) is 12.1 Å². The maximum atomic E-state index is 10.3. The van der Waals surface area contributed by atoms with Gasteiger partial charge in [-0.25, -0.2) is 0 Å². The summed E-state index contributed by atoms with van der Waals surface area (Å²) in [7, 11) is 0. The Morgan fingerprint density at radius 1 is 1.46 bits per heavy atom. The van der Waals surface area contributed by atoms with E-state index in [1.54, 1.807) is 12.1 Å². The molecule has 1 N–H and O–H groups in total. The molecular weight excluding hydrogens is 190 g/mol. The monoisotopic (exact) mass is 199 g/mol. The zero-order valence-corrected chi connectivity index (χ0v) is 7.65. The SMILES string of the molecule is O=[N+]([O-])c1ccc(CC(O)S)cc1. The van der Waals surface area contributed by atoms with Crippen LogP contribution in [-0.2, 0) is 6.42 Å². The van der Waals surface area contributed by atoms with Gasteiger partial charge in [0.05, 0.1) is 4.92 Å². The Kier molecular flexibility index (Phi) is 3.27. The molecule has 1 aromatic carbocycles. The van der Waals surface area contributed by atoms with E-state index in [4.69, 9.17) is 5.11 Å². The highest BCUT2D eigenvalue weighted by Crippen LogP contribution is 2.13. The molecule has 1 atom stereocenters. The molecule has 0 aliphatic heterocycles. The van der Waals surface area contributed by atoms with Gasteiger partial charge in [0.2, 0.25) is 0 Å². The Hall–Kier alpha value is -1.07. The number of aliphatic hydroxyl groups is 1. The zero-order valence-electron chi connectivity index (χ0n) is 6.75. The van der Waals surface area contributed by atoms with Crippen LogP contribution in [0.2, 0.25) is 0 Å². The van der Waals surface area contributed by atoms with Crippen LogP contribution in [0.3, 0.4) is 0 Å². The minimum atomic E-state index is -0.721. The van der Waals surface area contributed by atoms with Crippen molar-refractivity contribution in [3.05, 3.63) is 39.9 Å². The number of nitrogens with zero attached hydrogens (tertiary/aromatic N) is 1. The van der Waals surface area contributed by atoms with Gasteiger partial charge < -0.3 is 5.11 Å². The van der Waals surface area contributed by atoms with Crippen LogP contribution in [0.4, 0.5) is 5.69 Å². The van der Waals surface area contributed by atoms with E-state index in [2.05, 4.69) is 12.6 Å². The number of rotatable bonds is 3. The lowest BCUT2D eigenvalue weighted by Crippen LogP contribution is -2.00. The number of benzene rings is 1. The van der Waals surface area contributed by atoms with Gasteiger partial charge in [-0.2, -0.15) is 0 Å². The van der Waals surface area contributed by atoms with Crippen molar-refractivity contribution in [1.82, 2.24) is 0 Å². The molecule has 0 fully saturated rings. The van der Waals surface area contributed by atoms with E-state index >= 15 is 0 Å². The van der Waals surface area contributed by atoms with E-state index in [-0.39, 0.29) is 5.69 Å². The lowest BCUT2D eigenvalue weighted by molar-refractivity contribution is -0.384. The molecule has 13 heavy (non-hydrogen) atoms. The lowest BCUT2D eigenvalue weighted by atomic mass is 10.1. The van der Waals surface area contributed by atoms with Gasteiger partial charge in [-0.3, -0.25) is 10.1 Å². The number of hydrogen-bond donors (Lipinski definition) is 2. The number of nitro benzene ring substituents is 1. The Balaban J connectivity index is 2.75. The Morgan fingerprint density at radius 3 is 2.38 bits per heavy atom. The fourth-order valence-electron chi connectivity index (χ4n) is 0.965. The summed E-state index contributed by atoms with van der Waals surface area (Å²) in [6.45, 7) is 0. The second-order valence-corrected chi connectivity index (χ2v) is 3.20. The first-order valence-electron chi connectivity index (χ1n) is 3.69. The van der Waals surface area contributed by atoms with Crippen LogP contribution < -0.4 is 0 Å². The van der Waals surface area contributed by atoms with Crippen LogP contribution in [0.5, 0.6) is 0 Å². The van der Waals surface area contributed by atoms with Crippen LogP contribution >= 0.6 is 12.6 Å². The highest BCUT2D eigenvalue weighted by molar-refractivity contribution is 7.80. The number of aliphatic hydroxyl groups excluding tert-OH is 1. The molecule has 4 nitrogen and oxygen atoms in total. The molecular formula is C8H9NO3S. The molecule has 0 bridgehead atoms. The highest BCUT2D eigenvalue weighted by Gasteiger charge is 2.05. The van der Waals surface area contributed by atoms with Crippen LogP contribution in [0.25, 0.3) is 0 Å². The average Bonchev–Trinajstić information content (AvgIpc) is 2.04. The molecule has 0 heterocycles. The van der Waals surface area contributed by atoms with E-state index in [1.807, 2.05) is 0 Å². The van der Waals surface area contributed by atoms with Gasteiger partial charge in [0, 0.05) is 18.6 Å². The largest absolute Gasteiger partial charge is 0.382 e. The van der Waals surface area contributed by atoms with Crippen molar-refractivity contribution in [2.75, 3.05) is 0 Å². The van der Waals surface area contributed by atoms with Gasteiger partial charge in [0.1, 0.15) is 5.44 Å². The fraction of sp³-hybridized carbons (Fsp3) is 0.250. The quantitative estimate of drug-likeness (QED) is 0.334. The minimum Gasteiger partial charge on any atom is -0.382 e. The predicted molar refractivity (Wildman–Crippen MR) is 51.8 cm³/mol. The van der Waals surface area contributed by atoms with Crippen LogP contribution in [0, 0.1) is 10.1 Å². The van der Waals surface area contributed by atoms with Gasteiger partial charge in [-0.15, -0.1) is 12.6 Å². The molecule has 0 saturated carbocycles. The fourth-order valence-corrected chi connectivity index (χ4v) is 1.18. The molecule has 0 spiro atoms. The van der Waals surface area contributed by atoms with Crippen LogP contribution in [0.1, 0.15) is 5.56 Å². The van der Waals surface area contributed by atoms with Crippen molar-refractivity contribution in [3.8, 4) is 0 Å². The molecule has 0 aliphatic carbocycles. The Morgan fingerprint density at radius 2 is 2.00 bits per heavy atom. The standard InChI is InChI=1S/C8H9NO3S/c10-8(13)5-6-1-3-7(4-2-6)9(11)12/h1-4,8,10,13H,5H2. The van der Waals surface area contributed by atoms with E-state index in [0.29, 0.717) is 6.42 Å². The minimum absolute atomic E-state index is 0.0532. The molecule has 0 aliphatic rings. The first kappa shape index (κ1) is 10.0. The lowest BCUT2D eigenvalue weighted by Gasteiger charge is -2.02. The summed E-state index contributed by atoms with van der Waals surface area (Å²) < 4.78 is 0. The van der Waals surface area contributed by atoms with Gasteiger partial charge in [-0.05, 0) is 5.56 Å². The molecule has 1 unspecified atom stereocenters. The topological polar surface area (TPSA) is 63.4 Å². The van der Waals surface area contributed by atoms with Crippen molar-refractivity contribution in [2.24, 2.45) is 0 Å². The van der Waals surface area contributed by atoms with Gasteiger partial charge in [0.25, 0.3) is 5.69 Å². The summed E-state index contributed by atoms with van der Waals surface area (Å²) in [5, 5.41) is 19.2. The molecule has 1 aromatic rings. The molecule has 1 rings (SSSR count). The zero-order chi connectivity index (χ0) is 9.84. The van der Waals surface area contributed by atoms with E-state index < -0.39 is 10.4 Å². The van der Waals surface area contributed by atoms with E-state index in [9.17, 15) is 10.1 Å². The second-order valence-electron chi connectivity index (χ2n) is 2.61. The molecule has 0 saturated heterocycles. The normalized spacial score (nSPS) is 12.5. The first-order chi connectivity index (χ1) is 6.09. The molecule has 0 aromatic heterocycles. The van der Waals surface area contributed by atoms with Crippen molar-refractivity contribution < 1.29 is 10.0 Å². The molecule has 5 heteroatoms. The van der Waals surface area contributed by atoms with Gasteiger partial charge in [0.15, 0.2) is 0 Å². The third kappa shape index (κ3) is 3.04. The summed E-state index contributed by atoms with van der Waals surface area (Å²) in [4.78, 5) is 9.82. The number of nitro groups is 1. The summed E-state index contributed by atoms with van der Waals surface area (Å²) in [5.74, 6) is 0. The highest BCUT2D eigenvalue weighted by atomic mass is 32.1. The number of hydrogen-bond acceptors (Lipinski definition) is 4. The van der Waals surface area contributed by atoms with Crippen molar-refractivity contribution in [3.63, 3.8) is 0 Å². The first-order valence-corrected chi connectivity index (χ1v) is 4.20. The number of thiol groups is 1. The summed E-state index contributed by atoms with van der Waals surface area (Å²) in [5.41, 5.74) is 0.159. The summed E-state index contributed by atoms with van der Waals surface area (Å²) in [6, 6.07) is 6.03. The van der Waals surface area contributed by atoms with Crippen molar-refractivity contribution in [2.45, 2.75) is 11.9 Å². The molecule has 0 amide bonds. The Labute approximate surface area is 80.8 Å². The Bertz CT molecular complexity index is 297. The average molecular weight is 199 g/mol. The maximum Gasteiger partial charge on any atom is 0.269 e. The van der Waals surface area contributed by atoms with Crippen molar-refractivity contribution >= 4 is 18.3 Å². The van der Waals surface area contributed by atoms with Crippen LogP contribution in [-0.4, -0.2) is 15.5 Å². The molecule has 70 valence electrons. The predicted octanol–water partition coefficient (Wildman–Crippen LogP) is 1.39. The van der Waals surface area contributed by atoms with Gasteiger partial charge in [-0.1, -0.05) is 12.1 Å². The molecule has 0 radical (unpaired) electrons. The summed E-state index contributed by atoms with van der Waals surface area (Å²) in [6.07, 6.45) is 0.390. The third-order valence-electron chi connectivity index (χ3n) is 1.57. The number of non-ortho nitro benzene ring substituents is 1. The second kappa shape index (κ2) is 4.25. The third-order valence-corrected chi connectivity index (χ3v) is 1.75. The van der Waals surface area contributed by atoms with E-state index in [0.717, 1.165) is 5.56 Å². The van der Waals surface area contributed by atoms with Crippen molar-refractivity contribution in [1.29, 1.82) is 0 Å².